The molecule has 2 heterocycles. The highest BCUT2D eigenvalue weighted by Crippen LogP contribution is 2.23. The molecule has 34 heavy (non-hydrogen) atoms. The number of nitrogen functional groups attached to an aromatic ring is 1. The van der Waals surface area contributed by atoms with E-state index in [9.17, 15) is 14.4 Å². The molecule has 0 bridgehead atoms. The van der Waals surface area contributed by atoms with Gasteiger partial charge in [0.05, 0.1) is 5.75 Å². The topological polar surface area (TPSA) is 132 Å². The van der Waals surface area contributed by atoms with Gasteiger partial charge in [0.25, 0.3) is 5.56 Å². The second-order valence-electron chi connectivity index (χ2n) is 8.50. The Morgan fingerprint density at radius 2 is 1.94 bits per heavy atom. The number of anilines is 2. The van der Waals surface area contributed by atoms with Crippen LogP contribution in [0.5, 0.6) is 0 Å². The van der Waals surface area contributed by atoms with Gasteiger partial charge in [-0.15, -0.1) is 10.2 Å². The summed E-state index contributed by atoms with van der Waals surface area (Å²) in [6.45, 7) is 8.53. The van der Waals surface area contributed by atoms with Gasteiger partial charge in [-0.1, -0.05) is 56.7 Å². The van der Waals surface area contributed by atoms with Crippen LogP contribution >= 0.6 is 11.8 Å². The molecule has 10 nitrogen and oxygen atoms in total. The van der Waals surface area contributed by atoms with Crippen LogP contribution in [0.4, 0.5) is 11.5 Å². The summed E-state index contributed by atoms with van der Waals surface area (Å²) in [5, 5.41) is 8.68. The lowest BCUT2D eigenvalue weighted by molar-refractivity contribution is -0.116. The quantitative estimate of drug-likeness (QED) is 0.422. The first-order valence-electron chi connectivity index (χ1n) is 11.3. The van der Waals surface area contributed by atoms with Crippen LogP contribution in [-0.4, -0.2) is 42.5 Å². The van der Waals surface area contributed by atoms with Gasteiger partial charge in [0.1, 0.15) is 12.1 Å². The van der Waals surface area contributed by atoms with Crippen LogP contribution in [0.2, 0.25) is 0 Å². The van der Waals surface area contributed by atoms with Gasteiger partial charge in [-0.25, -0.2) is 4.79 Å². The number of amides is 1. The number of benzene rings is 1. The van der Waals surface area contributed by atoms with E-state index in [0.29, 0.717) is 24.7 Å². The molecule has 0 fully saturated rings. The van der Waals surface area contributed by atoms with E-state index in [2.05, 4.69) is 15.2 Å². The van der Waals surface area contributed by atoms with E-state index in [-0.39, 0.29) is 29.1 Å². The zero-order chi connectivity index (χ0) is 24.8. The summed E-state index contributed by atoms with van der Waals surface area (Å²) in [4.78, 5) is 42.1. The van der Waals surface area contributed by atoms with Gasteiger partial charge in [-0.3, -0.25) is 23.7 Å². The number of hydrogen-bond donors (Lipinski definition) is 2. The van der Waals surface area contributed by atoms with E-state index in [0.717, 1.165) is 17.7 Å². The molecule has 0 aliphatic carbocycles. The number of carbonyl (C=O) groups is 1. The standard InChI is InChI=1S/C23H31N7O3S/c1-5-6-11-28(19-20(24)29(12-15(2)3)22(33)26-21(19)32)18(31)13-34-23-27-25-14-30(23)17-9-7-16(4)8-10-17/h7-10,14-15H,5-6,11-13,24H2,1-4H3,(H,26,32,33). The Balaban J connectivity index is 1.89. The van der Waals surface area contributed by atoms with Gasteiger partial charge in [-0.2, -0.15) is 0 Å². The molecule has 11 heteroatoms. The fourth-order valence-corrected chi connectivity index (χ4v) is 4.28. The van der Waals surface area contributed by atoms with Crippen molar-refractivity contribution in [2.75, 3.05) is 22.9 Å². The van der Waals surface area contributed by atoms with Gasteiger partial charge in [0, 0.05) is 18.8 Å². The summed E-state index contributed by atoms with van der Waals surface area (Å²) >= 11 is 1.22. The summed E-state index contributed by atoms with van der Waals surface area (Å²) in [7, 11) is 0. The molecule has 0 aliphatic rings. The van der Waals surface area contributed by atoms with E-state index in [1.165, 1.54) is 21.2 Å². The Hall–Kier alpha value is -3.34. The maximum Gasteiger partial charge on any atom is 0.330 e. The first-order valence-corrected chi connectivity index (χ1v) is 12.2. The van der Waals surface area contributed by atoms with E-state index in [4.69, 9.17) is 5.73 Å². The van der Waals surface area contributed by atoms with Crippen molar-refractivity contribution in [3.05, 3.63) is 57.0 Å². The lowest BCUT2D eigenvalue weighted by Gasteiger charge is -2.24. The van der Waals surface area contributed by atoms with Crippen LogP contribution in [-0.2, 0) is 11.3 Å². The Morgan fingerprint density at radius 1 is 1.24 bits per heavy atom. The Labute approximate surface area is 202 Å². The molecule has 3 rings (SSSR count). The van der Waals surface area contributed by atoms with Crippen molar-refractivity contribution in [2.24, 2.45) is 5.92 Å². The minimum Gasteiger partial charge on any atom is -0.383 e. The van der Waals surface area contributed by atoms with E-state index < -0.39 is 11.2 Å². The largest absolute Gasteiger partial charge is 0.383 e. The number of aryl methyl sites for hydroxylation is 1. The van der Waals surface area contributed by atoms with E-state index in [1.807, 2.05) is 52.0 Å². The number of thioether (sulfide) groups is 1. The number of nitrogens with one attached hydrogen (secondary N) is 1. The van der Waals surface area contributed by atoms with Crippen LogP contribution in [0.15, 0.2) is 45.3 Å². The first-order chi connectivity index (χ1) is 16.2. The maximum atomic E-state index is 13.3. The molecule has 0 radical (unpaired) electrons. The third-order valence-corrected chi connectivity index (χ3v) is 6.15. The fourth-order valence-electron chi connectivity index (χ4n) is 3.47. The van der Waals surface area contributed by atoms with Crippen LogP contribution in [0.3, 0.4) is 0 Å². The van der Waals surface area contributed by atoms with Gasteiger partial charge >= 0.3 is 5.69 Å². The van der Waals surface area contributed by atoms with Crippen LogP contribution in [0, 0.1) is 12.8 Å². The zero-order valence-electron chi connectivity index (χ0n) is 19.9. The number of H-pyrrole nitrogens is 1. The summed E-state index contributed by atoms with van der Waals surface area (Å²) in [6, 6.07) is 7.89. The van der Waals surface area contributed by atoms with Gasteiger partial charge in [-0.05, 0) is 31.4 Å². The number of carbonyl (C=O) groups excluding carboxylic acids is 1. The number of nitrogens with two attached hydrogens (primary N) is 1. The smallest absolute Gasteiger partial charge is 0.330 e. The van der Waals surface area contributed by atoms with Gasteiger partial charge in [0.2, 0.25) is 5.91 Å². The van der Waals surface area contributed by atoms with Gasteiger partial charge < -0.3 is 10.6 Å². The second-order valence-corrected chi connectivity index (χ2v) is 9.45. The number of unbranched alkanes of at least 4 members (excludes halogenated alkanes) is 1. The van der Waals surface area contributed by atoms with Crippen molar-refractivity contribution < 1.29 is 4.79 Å². The van der Waals surface area contributed by atoms with Crippen LogP contribution in [0.25, 0.3) is 5.69 Å². The summed E-state index contributed by atoms with van der Waals surface area (Å²) < 4.78 is 3.12. The van der Waals surface area contributed by atoms with Crippen LogP contribution in [0.1, 0.15) is 39.2 Å². The number of rotatable bonds is 10. The predicted octanol–water partition coefficient (Wildman–Crippen LogP) is 2.59. The van der Waals surface area contributed by atoms with E-state index in [1.54, 1.807) is 10.9 Å². The molecular weight excluding hydrogens is 454 g/mol. The Kier molecular flexibility index (Phi) is 8.32. The monoisotopic (exact) mass is 485 g/mol. The van der Waals surface area contributed by atoms with E-state index >= 15 is 0 Å². The molecule has 1 aromatic carbocycles. The highest BCUT2D eigenvalue weighted by Gasteiger charge is 2.25. The van der Waals surface area contributed by atoms with Crippen molar-refractivity contribution in [3.63, 3.8) is 0 Å². The third kappa shape index (κ3) is 5.77. The lowest BCUT2D eigenvalue weighted by atomic mass is 10.2. The molecule has 2 aromatic heterocycles. The summed E-state index contributed by atoms with van der Waals surface area (Å²) in [5.74, 6) is -0.151. The van der Waals surface area contributed by atoms with Crippen molar-refractivity contribution in [1.29, 1.82) is 0 Å². The molecule has 0 spiro atoms. The molecular formula is C23H31N7O3S. The first kappa shape index (κ1) is 25.3. The molecule has 0 saturated heterocycles. The highest BCUT2D eigenvalue weighted by atomic mass is 32.2. The number of aromatic amines is 1. The Morgan fingerprint density at radius 3 is 2.59 bits per heavy atom. The fraction of sp³-hybridized carbons (Fsp3) is 0.435. The molecule has 182 valence electrons. The number of aromatic nitrogens is 5. The molecule has 0 unspecified atom stereocenters. The Bertz CT molecular complexity index is 1240. The average Bonchev–Trinajstić information content (AvgIpc) is 3.26. The summed E-state index contributed by atoms with van der Waals surface area (Å²) in [6.07, 6.45) is 3.09. The molecule has 0 aliphatic heterocycles. The predicted molar refractivity (Wildman–Crippen MR) is 135 cm³/mol. The zero-order valence-corrected chi connectivity index (χ0v) is 20.8. The minimum absolute atomic E-state index is 0.000254. The minimum atomic E-state index is -0.667. The molecule has 3 N–H and O–H groups in total. The van der Waals surface area contributed by atoms with Crippen molar-refractivity contribution in [1.82, 2.24) is 24.3 Å². The third-order valence-electron chi connectivity index (χ3n) is 5.22. The van der Waals surface area contributed by atoms with Crippen molar-refractivity contribution in [3.8, 4) is 5.69 Å². The summed E-state index contributed by atoms with van der Waals surface area (Å²) in [5.41, 5.74) is 7.05. The van der Waals surface area contributed by atoms with Crippen molar-refractivity contribution in [2.45, 2.75) is 52.2 Å². The maximum absolute atomic E-state index is 13.3. The number of nitrogens with zero attached hydrogens (tertiary/aromatic N) is 5. The van der Waals surface area contributed by atoms with Crippen LogP contribution < -0.4 is 21.9 Å². The second kappa shape index (κ2) is 11.2. The van der Waals surface area contributed by atoms with Gasteiger partial charge in [0.15, 0.2) is 10.8 Å². The molecule has 3 aromatic rings. The molecule has 0 saturated carbocycles. The lowest BCUT2D eigenvalue weighted by Crippen LogP contribution is -2.42. The average molecular weight is 486 g/mol. The molecule has 1 amide bonds. The molecule has 0 atom stereocenters. The normalized spacial score (nSPS) is 11.2. The highest BCUT2D eigenvalue weighted by molar-refractivity contribution is 7.99. The number of hydrogen-bond acceptors (Lipinski definition) is 7. The SMILES string of the molecule is CCCCN(C(=O)CSc1nncn1-c1ccc(C)cc1)c1c(N)n(CC(C)C)c(=O)[nH]c1=O. The van der Waals surface area contributed by atoms with Crippen molar-refractivity contribution >= 4 is 29.2 Å².